The lowest BCUT2D eigenvalue weighted by Gasteiger charge is -2.04. The SMILES string of the molecule is CCOc1ccc(C=NNC(=O)COc2ccc([N+](=O)[O-])cc2)cc1. The van der Waals surface area contributed by atoms with Crippen molar-refractivity contribution in [2.24, 2.45) is 5.10 Å². The van der Waals surface area contributed by atoms with E-state index >= 15 is 0 Å². The first-order valence-electron chi connectivity index (χ1n) is 7.50. The Morgan fingerprint density at radius 3 is 2.32 bits per heavy atom. The summed E-state index contributed by atoms with van der Waals surface area (Å²) in [5.41, 5.74) is 3.10. The predicted octanol–water partition coefficient (Wildman–Crippen LogP) is 2.52. The maximum atomic E-state index is 11.6. The molecule has 25 heavy (non-hydrogen) atoms. The third kappa shape index (κ3) is 5.94. The van der Waals surface area contributed by atoms with Crippen molar-refractivity contribution in [3.05, 3.63) is 64.2 Å². The first-order valence-corrected chi connectivity index (χ1v) is 7.50. The van der Waals surface area contributed by atoms with Crippen LogP contribution in [0, 0.1) is 10.1 Å². The molecule has 130 valence electrons. The maximum Gasteiger partial charge on any atom is 0.277 e. The fourth-order valence-electron chi connectivity index (χ4n) is 1.84. The second-order valence-electron chi connectivity index (χ2n) is 4.83. The van der Waals surface area contributed by atoms with Crippen molar-refractivity contribution in [3.63, 3.8) is 0 Å². The zero-order chi connectivity index (χ0) is 18.1. The largest absolute Gasteiger partial charge is 0.494 e. The van der Waals surface area contributed by atoms with Gasteiger partial charge in [0.25, 0.3) is 11.6 Å². The standard InChI is InChI=1S/C17H17N3O5/c1-2-24-15-7-3-13(4-8-15)11-18-19-17(21)12-25-16-9-5-14(6-10-16)20(22)23/h3-11H,2,12H2,1H3,(H,19,21). The van der Waals surface area contributed by atoms with Crippen LogP contribution in [0.2, 0.25) is 0 Å². The van der Waals surface area contributed by atoms with E-state index in [0.29, 0.717) is 12.4 Å². The second kappa shape index (κ2) is 9.02. The molecule has 0 aliphatic heterocycles. The number of carbonyl (C=O) groups excluding carboxylic acids is 1. The zero-order valence-electron chi connectivity index (χ0n) is 13.5. The molecule has 2 aromatic rings. The Hall–Kier alpha value is -3.42. The minimum atomic E-state index is -0.508. The minimum absolute atomic E-state index is 0.0447. The average Bonchev–Trinajstić information content (AvgIpc) is 2.62. The Morgan fingerprint density at radius 2 is 1.72 bits per heavy atom. The van der Waals surface area contributed by atoms with Crippen molar-refractivity contribution in [2.75, 3.05) is 13.2 Å². The van der Waals surface area contributed by atoms with Gasteiger partial charge in [-0.05, 0) is 48.9 Å². The Morgan fingerprint density at radius 1 is 1.12 bits per heavy atom. The summed E-state index contributed by atoms with van der Waals surface area (Å²) in [5, 5.41) is 14.4. The van der Waals surface area contributed by atoms with Gasteiger partial charge in [-0.1, -0.05) is 0 Å². The van der Waals surface area contributed by atoms with Crippen LogP contribution in [0.5, 0.6) is 11.5 Å². The van der Waals surface area contributed by atoms with Gasteiger partial charge in [-0.25, -0.2) is 5.43 Å². The zero-order valence-corrected chi connectivity index (χ0v) is 13.5. The molecule has 0 heterocycles. The lowest BCUT2D eigenvalue weighted by molar-refractivity contribution is -0.384. The minimum Gasteiger partial charge on any atom is -0.494 e. The number of benzene rings is 2. The number of nitrogens with zero attached hydrogens (tertiary/aromatic N) is 2. The number of rotatable bonds is 8. The van der Waals surface area contributed by atoms with E-state index in [1.165, 1.54) is 30.5 Å². The lowest BCUT2D eigenvalue weighted by Crippen LogP contribution is -2.24. The molecule has 8 heteroatoms. The van der Waals surface area contributed by atoms with E-state index in [-0.39, 0.29) is 12.3 Å². The van der Waals surface area contributed by atoms with E-state index in [2.05, 4.69) is 10.5 Å². The highest BCUT2D eigenvalue weighted by Gasteiger charge is 2.06. The summed E-state index contributed by atoms with van der Waals surface area (Å²) >= 11 is 0. The summed E-state index contributed by atoms with van der Waals surface area (Å²) in [6.07, 6.45) is 1.50. The van der Waals surface area contributed by atoms with Gasteiger partial charge >= 0.3 is 0 Å². The highest BCUT2D eigenvalue weighted by Crippen LogP contribution is 2.17. The van der Waals surface area contributed by atoms with Crippen molar-refractivity contribution in [1.82, 2.24) is 5.43 Å². The number of hydrogen-bond donors (Lipinski definition) is 1. The third-order valence-corrected chi connectivity index (χ3v) is 3.01. The fourth-order valence-corrected chi connectivity index (χ4v) is 1.84. The Balaban J connectivity index is 1.77. The number of amides is 1. The van der Waals surface area contributed by atoms with Gasteiger partial charge in [-0.3, -0.25) is 14.9 Å². The van der Waals surface area contributed by atoms with Crippen molar-refractivity contribution < 1.29 is 19.2 Å². The van der Waals surface area contributed by atoms with Gasteiger partial charge < -0.3 is 9.47 Å². The molecule has 0 bridgehead atoms. The summed E-state index contributed by atoms with van der Waals surface area (Å²) in [4.78, 5) is 21.7. The predicted molar refractivity (Wildman–Crippen MR) is 91.9 cm³/mol. The Labute approximate surface area is 144 Å². The van der Waals surface area contributed by atoms with E-state index in [9.17, 15) is 14.9 Å². The monoisotopic (exact) mass is 343 g/mol. The topological polar surface area (TPSA) is 103 Å². The van der Waals surface area contributed by atoms with Crippen molar-refractivity contribution in [1.29, 1.82) is 0 Å². The molecule has 0 atom stereocenters. The van der Waals surface area contributed by atoms with E-state index < -0.39 is 10.8 Å². The van der Waals surface area contributed by atoms with Crippen LogP contribution in [0.15, 0.2) is 53.6 Å². The molecule has 8 nitrogen and oxygen atoms in total. The van der Waals surface area contributed by atoms with Gasteiger partial charge in [0, 0.05) is 12.1 Å². The van der Waals surface area contributed by atoms with Crippen LogP contribution in [-0.4, -0.2) is 30.3 Å². The molecule has 0 radical (unpaired) electrons. The van der Waals surface area contributed by atoms with Crippen molar-refractivity contribution >= 4 is 17.8 Å². The highest BCUT2D eigenvalue weighted by atomic mass is 16.6. The van der Waals surface area contributed by atoms with Crippen molar-refractivity contribution in [3.8, 4) is 11.5 Å². The first-order chi connectivity index (χ1) is 12.1. The summed E-state index contributed by atoms with van der Waals surface area (Å²) in [6, 6.07) is 12.7. The van der Waals surface area contributed by atoms with E-state index in [4.69, 9.17) is 9.47 Å². The molecule has 0 aliphatic carbocycles. The lowest BCUT2D eigenvalue weighted by atomic mass is 10.2. The summed E-state index contributed by atoms with van der Waals surface area (Å²) in [7, 11) is 0. The smallest absolute Gasteiger partial charge is 0.277 e. The van der Waals surface area contributed by atoms with Crippen LogP contribution in [0.1, 0.15) is 12.5 Å². The molecule has 2 rings (SSSR count). The molecule has 2 aromatic carbocycles. The molecular weight excluding hydrogens is 326 g/mol. The normalized spacial score (nSPS) is 10.4. The van der Waals surface area contributed by atoms with Crippen LogP contribution < -0.4 is 14.9 Å². The molecule has 0 unspecified atom stereocenters. The number of non-ortho nitro benzene ring substituents is 1. The Bertz CT molecular complexity index is 742. The van der Waals surface area contributed by atoms with Crippen LogP contribution in [-0.2, 0) is 4.79 Å². The number of nitro benzene ring substituents is 1. The van der Waals surface area contributed by atoms with Crippen LogP contribution >= 0.6 is 0 Å². The number of nitro groups is 1. The summed E-state index contributed by atoms with van der Waals surface area (Å²) in [6.45, 7) is 2.25. The van der Waals surface area contributed by atoms with Gasteiger partial charge in [0.1, 0.15) is 11.5 Å². The van der Waals surface area contributed by atoms with Gasteiger partial charge in [0.2, 0.25) is 0 Å². The molecule has 1 amide bonds. The average molecular weight is 343 g/mol. The van der Waals surface area contributed by atoms with Gasteiger partial charge in [-0.15, -0.1) is 0 Å². The number of ether oxygens (including phenoxy) is 2. The van der Waals surface area contributed by atoms with E-state index in [1.807, 2.05) is 31.2 Å². The van der Waals surface area contributed by atoms with E-state index in [0.717, 1.165) is 11.3 Å². The molecule has 0 saturated heterocycles. The molecule has 0 spiro atoms. The number of hydrogen-bond acceptors (Lipinski definition) is 6. The van der Waals surface area contributed by atoms with Crippen molar-refractivity contribution in [2.45, 2.75) is 6.92 Å². The van der Waals surface area contributed by atoms with Crippen LogP contribution in [0.4, 0.5) is 5.69 Å². The second-order valence-corrected chi connectivity index (χ2v) is 4.83. The molecule has 0 saturated carbocycles. The van der Waals surface area contributed by atoms with Crippen LogP contribution in [0.3, 0.4) is 0 Å². The first kappa shape index (κ1) is 17.9. The quantitative estimate of drug-likeness (QED) is 0.451. The maximum absolute atomic E-state index is 11.6. The summed E-state index contributed by atoms with van der Waals surface area (Å²) in [5.74, 6) is 0.678. The third-order valence-electron chi connectivity index (χ3n) is 3.01. The number of carbonyl (C=O) groups is 1. The van der Waals surface area contributed by atoms with Gasteiger partial charge in [-0.2, -0.15) is 5.10 Å². The molecule has 0 aromatic heterocycles. The number of hydrazone groups is 1. The van der Waals surface area contributed by atoms with Gasteiger partial charge in [0.05, 0.1) is 17.7 Å². The van der Waals surface area contributed by atoms with Gasteiger partial charge in [0.15, 0.2) is 6.61 Å². The Kier molecular flexibility index (Phi) is 6.47. The highest BCUT2D eigenvalue weighted by molar-refractivity contribution is 5.83. The van der Waals surface area contributed by atoms with Crippen LogP contribution in [0.25, 0.3) is 0 Å². The molecule has 0 fully saturated rings. The summed E-state index contributed by atoms with van der Waals surface area (Å²) < 4.78 is 10.6. The molecule has 0 aliphatic rings. The van der Waals surface area contributed by atoms with E-state index in [1.54, 1.807) is 0 Å². The molecule has 1 N–H and O–H groups in total. The fraction of sp³-hybridized carbons (Fsp3) is 0.176. The number of nitrogens with one attached hydrogen (secondary N) is 1. The molecular formula is C17H17N3O5.